The molecule has 1 aromatic heterocycles. The van der Waals surface area contributed by atoms with Gasteiger partial charge in [0.2, 0.25) is 0 Å². The Hall–Kier alpha value is -1.39. The Bertz CT molecular complexity index is 750. The lowest BCUT2D eigenvalue weighted by molar-refractivity contribution is -0.00109. The van der Waals surface area contributed by atoms with Crippen LogP contribution in [-0.4, -0.2) is 66.6 Å². The number of hydrogen-bond donors (Lipinski definition) is 0. The highest BCUT2D eigenvalue weighted by Gasteiger charge is 2.14. The molecule has 2 rings (SSSR count). The van der Waals surface area contributed by atoms with Gasteiger partial charge in [0.15, 0.2) is 0 Å². The van der Waals surface area contributed by atoms with Crippen LogP contribution in [0, 0.1) is 0 Å². The van der Waals surface area contributed by atoms with Gasteiger partial charge in [-0.15, -0.1) is 0 Å². The second-order valence-corrected chi connectivity index (χ2v) is 7.05. The molecule has 0 aliphatic carbocycles. The summed E-state index contributed by atoms with van der Waals surface area (Å²) in [6.07, 6.45) is 0.729. The molecule has 9 heteroatoms. The minimum atomic E-state index is -0.350. The van der Waals surface area contributed by atoms with E-state index in [-0.39, 0.29) is 5.97 Å². The molecule has 1 radical (unpaired) electrons. The topological polar surface area (TPSA) is 76.4 Å². The summed E-state index contributed by atoms with van der Waals surface area (Å²) in [4.78, 5) is 12.2. The first-order valence-electron chi connectivity index (χ1n) is 9.54. The predicted molar refractivity (Wildman–Crippen MR) is 114 cm³/mol. The zero-order chi connectivity index (χ0) is 20.9. The van der Waals surface area contributed by atoms with Crippen LogP contribution in [0.5, 0.6) is 0 Å². The maximum atomic E-state index is 12.2. The number of esters is 1. The van der Waals surface area contributed by atoms with Crippen LogP contribution in [0.15, 0.2) is 27.1 Å². The summed E-state index contributed by atoms with van der Waals surface area (Å²) in [6, 6.07) is 5.33. The third-order valence-corrected chi connectivity index (χ3v) is 4.51. The van der Waals surface area contributed by atoms with E-state index in [1.165, 1.54) is 0 Å². The average Bonchev–Trinajstić information content (AvgIpc) is 3.13. The van der Waals surface area contributed by atoms with Crippen molar-refractivity contribution in [3.63, 3.8) is 0 Å². The van der Waals surface area contributed by atoms with Crippen molar-refractivity contribution < 1.29 is 32.9 Å². The van der Waals surface area contributed by atoms with E-state index in [1.807, 2.05) is 20.2 Å². The molecule has 0 aliphatic heterocycles. The number of ether oxygens (including phenoxy) is 5. The molecule has 0 spiro atoms. The van der Waals surface area contributed by atoms with Crippen LogP contribution in [0.3, 0.4) is 0 Å². The van der Waals surface area contributed by atoms with Crippen molar-refractivity contribution in [3.8, 4) is 0 Å². The number of carbonyl (C=O) groups is 1. The molecular formula is C20H27BBrO7. The normalized spacial score (nSPS) is 11.1. The van der Waals surface area contributed by atoms with Crippen LogP contribution in [-0.2, 0) is 30.3 Å². The fraction of sp³-hybridized carbons (Fsp3) is 0.550. The van der Waals surface area contributed by atoms with Crippen molar-refractivity contribution in [1.82, 2.24) is 0 Å². The monoisotopic (exact) mass is 469 g/mol. The zero-order valence-electron chi connectivity index (χ0n) is 16.9. The summed E-state index contributed by atoms with van der Waals surface area (Å²) in [5.74, 6) is 0.325. The van der Waals surface area contributed by atoms with Crippen molar-refractivity contribution in [2.45, 2.75) is 19.8 Å². The van der Waals surface area contributed by atoms with E-state index in [0.717, 1.165) is 11.7 Å². The van der Waals surface area contributed by atoms with E-state index in [2.05, 4.69) is 15.9 Å². The highest BCUT2D eigenvalue weighted by atomic mass is 79.9. The van der Waals surface area contributed by atoms with Gasteiger partial charge < -0.3 is 28.1 Å². The molecule has 0 saturated carbocycles. The summed E-state index contributed by atoms with van der Waals surface area (Å²) < 4.78 is 33.0. The van der Waals surface area contributed by atoms with Gasteiger partial charge in [0.05, 0.1) is 56.3 Å². The lowest BCUT2D eigenvalue weighted by atomic mass is 9.79. The van der Waals surface area contributed by atoms with E-state index in [4.69, 9.17) is 28.1 Å². The summed E-state index contributed by atoms with van der Waals surface area (Å²) in [5, 5.41) is 0.816. The predicted octanol–water partition coefficient (Wildman–Crippen LogP) is 3.72. The van der Waals surface area contributed by atoms with Crippen molar-refractivity contribution >= 4 is 40.1 Å². The molecule has 0 atom stereocenters. The number of furan rings is 1. The summed E-state index contributed by atoms with van der Waals surface area (Å²) >= 11 is 3.46. The smallest absolute Gasteiger partial charge is 0.338 e. The molecule has 2 aromatic rings. The molecule has 0 N–H and O–H groups in total. The van der Waals surface area contributed by atoms with Crippen molar-refractivity contribution in [2.75, 3.05) is 53.4 Å². The minimum absolute atomic E-state index is 0.320. The number of benzene rings is 1. The fourth-order valence-corrected chi connectivity index (χ4v) is 3.02. The number of halogens is 1. The molecule has 0 unspecified atom stereocenters. The Labute approximate surface area is 180 Å². The lowest BCUT2D eigenvalue weighted by Gasteiger charge is -2.05. The molecule has 1 heterocycles. The number of carbonyl (C=O) groups excluding carboxylic acids is 1. The third kappa shape index (κ3) is 8.48. The molecular weight excluding hydrogens is 443 g/mol. The van der Waals surface area contributed by atoms with E-state index >= 15 is 0 Å². The van der Waals surface area contributed by atoms with Crippen LogP contribution in [0.2, 0.25) is 13.1 Å². The molecule has 0 amide bonds. The van der Waals surface area contributed by atoms with E-state index in [0.29, 0.717) is 74.2 Å². The van der Waals surface area contributed by atoms with E-state index < -0.39 is 0 Å². The Kier molecular flexibility index (Phi) is 11.3. The maximum absolute atomic E-state index is 12.2. The molecule has 0 fully saturated rings. The van der Waals surface area contributed by atoms with Crippen molar-refractivity contribution in [3.05, 3.63) is 34.0 Å². The highest BCUT2D eigenvalue weighted by Crippen LogP contribution is 2.29. The Balaban J connectivity index is 1.75. The van der Waals surface area contributed by atoms with Crippen LogP contribution in [0.25, 0.3) is 11.0 Å². The largest absolute Gasteiger partial charge is 0.463 e. The first-order valence-corrected chi connectivity index (χ1v) is 10.3. The van der Waals surface area contributed by atoms with Crippen molar-refractivity contribution in [2.24, 2.45) is 0 Å². The number of methoxy groups -OCH3 is 1. The van der Waals surface area contributed by atoms with Gasteiger partial charge in [-0.3, -0.25) is 0 Å². The van der Waals surface area contributed by atoms with Gasteiger partial charge in [0, 0.05) is 12.5 Å². The summed E-state index contributed by atoms with van der Waals surface area (Å²) in [6.45, 7) is 5.73. The summed E-state index contributed by atoms with van der Waals surface area (Å²) in [5.41, 5.74) is 1.15. The molecule has 7 nitrogen and oxygen atoms in total. The first-order chi connectivity index (χ1) is 14.2. The third-order valence-electron chi connectivity index (χ3n) is 3.92. The Morgan fingerprint density at radius 3 is 2.38 bits per heavy atom. The van der Waals surface area contributed by atoms with Crippen LogP contribution in [0.1, 0.15) is 16.1 Å². The average molecular weight is 470 g/mol. The number of rotatable bonds is 15. The van der Waals surface area contributed by atoms with E-state index in [1.54, 1.807) is 19.2 Å². The van der Waals surface area contributed by atoms with E-state index in [9.17, 15) is 4.79 Å². The van der Waals surface area contributed by atoms with Crippen LogP contribution in [0.4, 0.5) is 0 Å². The van der Waals surface area contributed by atoms with Gasteiger partial charge in [-0.1, -0.05) is 6.82 Å². The molecule has 159 valence electrons. The number of fused-ring (bicyclic) bond motifs is 1. The SMILES string of the molecule is C[B]CCOC(=O)c1cc(Br)c2oc(COCCOCCOCCOC)cc2c1. The first kappa shape index (κ1) is 23.9. The molecule has 0 saturated heterocycles. The van der Waals surface area contributed by atoms with Crippen LogP contribution >= 0.6 is 15.9 Å². The van der Waals surface area contributed by atoms with Crippen LogP contribution < -0.4 is 0 Å². The quantitative estimate of drug-likeness (QED) is 0.223. The van der Waals surface area contributed by atoms with Gasteiger partial charge in [-0.25, -0.2) is 4.79 Å². The molecule has 0 aliphatic rings. The fourth-order valence-electron chi connectivity index (χ4n) is 2.46. The van der Waals surface area contributed by atoms with Gasteiger partial charge in [-0.2, -0.15) is 0 Å². The minimum Gasteiger partial charge on any atom is -0.463 e. The maximum Gasteiger partial charge on any atom is 0.338 e. The summed E-state index contributed by atoms with van der Waals surface area (Å²) in [7, 11) is 3.59. The molecule has 29 heavy (non-hydrogen) atoms. The highest BCUT2D eigenvalue weighted by molar-refractivity contribution is 9.10. The Morgan fingerprint density at radius 1 is 1.00 bits per heavy atom. The second kappa shape index (κ2) is 13.8. The van der Waals surface area contributed by atoms with Gasteiger partial charge in [0.25, 0.3) is 0 Å². The van der Waals surface area contributed by atoms with Gasteiger partial charge in [-0.05, 0) is 40.4 Å². The number of hydrogen-bond acceptors (Lipinski definition) is 7. The lowest BCUT2D eigenvalue weighted by Crippen LogP contribution is -2.11. The van der Waals surface area contributed by atoms with Crippen molar-refractivity contribution in [1.29, 1.82) is 0 Å². The molecule has 0 bridgehead atoms. The van der Waals surface area contributed by atoms with Gasteiger partial charge in [0.1, 0.15) is 25.2 Å². The molecule has 1 aromatic carbocycles. The zero-order valence-corrected chi connectivity index (χ0v) is 18.5. The standard InChI is InChI=1S/C20H27BBrO7/c1-21-3-4-28-20(23)16-11-15-12-17(29-19(15)18(22)13-16)14-27-10-9-26-8-7-25-6-5-24-2/h11-13H,3-10,14H2,1-2H3. The second-order valence-electron chi connectivity index (χ2n) is 6.19. The Morgan fingerprint density at radius 2 is 1.69 bits per heavy atom. The van der Waals surface area contributed by atoms with Gasteiger partial charge >= 0.3 is 5.97 Å².